The summed E-state index contributed by atoms with van der Waals surface area (Å²) in [6.45, 7) is 0.139. The minimum absolute atomic E-state index is 0.0263. The lowest BCUT2D eigenvalue weighted by Crippen LogP contribution is -2.21. The molecular formula is C12H15NO2. The van der Waals surface area contributed by atoms with Crippen LogP contribution in [0.15, 0.2) is 24.3 Å². The van der Waals surface area contributed by atoms with Gasteiger partial charge in [0.25, 0.3) is 0 Å². The van der Waals surface area contributed by atoms with Crippen molar-refractivity contribution in [2.45, 2.75) is 18.3 Å². The Kier molecular flexibility index (Phi) is 2.59. The summed E-state index contributed by atoms with van der Waals surface area (Å²) in [5.41, 5.74) is 6.83. The van der Waals surface area contributed by atoms with Gasteiger partial charge in [0.05, 0.1) is 13.2 Å². The molecule has 15 heavy (non-hydrogen) atoms. The Hall–Kier alpha value is -1.19. The highest BCUT2D eigenvalue weighted by molar-refractivity contribution is 5.99. The average Bonchev–Trinajstić information content (AvgIpc) is 3.09. The van der Waals surface area contributed by atoms with Gasteiger partial charge in [-0.25, -0.2) is 0 Å². The van der Waals surface area contributed by atoms with Gasteiger partial charge >= 0.3 is 0 Å². The topological polar surface area (TPSA) is 63.3 Å². The molecule has 0 atom stereocenters. The number of carbonyl (C=O) groups is 1. The van der Waals surface area contributed by atoms with Gasteiger partial charge in [-0.2, -0.15) is 0 Å². The average molecular weight is 205 g/mol. The second-order valence-electron chi connectivity index (χ2n) is 4.11. The quantitative estimate of drug-likeness (QED) is 0.716. The summed E-state index contributed by atoms with van der Waals surface area (Å²) in [5, 5.41) is 9.35. The predicted octanol–water partition coefficient (Wildman–Crippen LogP) is 0.852. The fourth-order valence-electron chi connectivity index (χ4n) is 1.96. The summed E-state index contributed by atoms with van der Waals surface area (Å²) >= 11 is 0. The molecule has 0 radical (unpaired) electrons. The van der Waals surface area contributed by atoms with E-state index in [9.17, 15) is 9.90 Å². The zero-order valence-corrected chi connectivity index (χ0v) is 8.57. The van der Waals surface area contributed by atoms with Crippen molar-refractivity contribution in [3.63, 3.8) is 0 Å². The molecule has 1 aromatic carbocycles. The number of ketones is 1. The van der Waals surface area contributed by atoms with Crippen molar-refractivity contribution in [2.75, 3.05) is 13.2 Å². The first kappa shape index (κ1) is 10.3. The van der Waals surface area contributed by atoms with E-state index in [4.69, 9.17) is 5.73 Å². The summed E-state index contributed by atoms with van der Waals surface area (Å²) in [5.74, 6) is -0.0506. The molecule has 1 saturated carbocycles. The summed E-state index contributed by atoms with van der Waals surface area (Å²) in [6.07, 6.45) is 1.91. The Balaban J connectivity index is 2.43. The lowest BCUT2D eigenvalue weighted by atomic mass is 9.90. The van der Waals surface area contributed by atoms with E-state index >= 15 is 0 Å². The Morgan fingerprint density at radius 2 is 2.07 bits per heavy atom. The second kappa shape index (κ2) is 3.76. The van der Waals surface area contributed by atoms with Gasteiger partial charge in [-0.1, -0.05) is 24.3 Å². The molecule has 0 saturated heterocycles. The van der Waals surface area contributed by atoms with E-state index in [2.05, 4.69) is 0 Å². The van der Waals surface area contributed by atoms with Crippen LogP contribution in [-0.2, 0) is 5.41 Å². The van der Waals surface area contributed by atoms with E-state index in [0.717, 1.165) is 18.4 Å². The molecule has 80 valence electrons. The van der Waals surface area contributed by atoms with Gasteiger partial charge < -0.3 is 10.8 Å². The summed E-state index contributed by atoms with van der Waals surface area (Å²) in [7, 11) is 0. The maximum atomic E-state index is 11.6. The Bertz CT molecular complexity index is 383. The molecule has 0 bridgehead atoms. The molecule has 0 aromatic heterocycles. The third kappa shape index (κ3) is 1.68. The largest absolute Gasteiger partial charge is 0.395 e. The first-order valence-corrected chi connectivity index (χ1v) is 5.17. The van der Waals surface area contributed by atoms with Crippen LogP contribution in [0.5, 0.6) is 0 Å². The molecule has 0 spiro atoms. The zero-order valence-electron chi connectivity index (χ0n) is 8.57. The number of carbonyl (C=O) groups excluding carboxylic acids is 1. The van der Waals surface area contributed by atoms with Crippen LogP contribution in [0.3, 0.4) is 0 Å². The van der Waals surface area contributed by atoms with Crippen LogP contribution < -0.4 is 5.73 Å². The number of hydrogen-bond acceptors (Lipinski definition) is 3. The van der Waals surface area contributed by atoms with E-state index in [1.807, 2.05) is 18.2 Å². The number of aliphatic hydroxyl groups is 1. The zero-order chi connectivity index (χ0) is 10.9. The number of hydrogen-bond donors (Lipinski definition) is 2. The van der Waals surface area contributed by atoms with E-state index in [-0.39, 0.29) is 24.3 Å². The Morgan fingerprint density at radius 3 is 2.60 bits per heavy atom. The van der Waals surface area contributed by atoms with Crippen LogP contribution in [0.2, 0.25) is 0 Å². The van der Waals surface area contributed by atoms with Crippen molar-refractivity contribution in [1.29, 1.82) is 0 Å². The van der Waals surface area contributed by atoms with Crippen molar-refractivity contribution in [3.8, 4) is 0 Å². The lowest BCUT2D eigenvalue weighted by molar-refractivity contribution is 0.0999. The SMILES string of the molecule is NCC(=O)c1ccccc1C1(CO)CC1. The van der Waals surface area contributed by atoms with Gasteiger partial charge in [-0.05, 0) is 18.4 Å². The van der Waals surface area contributed by atoms with E-state index in [1.54, 1.807) is 6.07 Å². The van der Waals surface area contributed by atoms with Crippen LogP contribution in [0, 0.1) is 0 Å². The van der Waals surface area contributed by atoms with E-state index < -0.39 is 0 Å². The first-order chi connectivity index (χ1) is 7.23. The summed E-state index contributed by atoms with van der Waals surface area (Å²) in [6, 6.07) is 7.45. The molecule has 2 rings (SSSR count). The van der Waals surface area contributed by atoms with Gasteiger partial charge in [0.15, 0.2) is 5.78 Å². The monoisotopic (exact) mass is 205 g/mol. The number of aliphatic hydroxyl groups excluding tert-OH is 1. The first-order valence-electron chi connectivity index (χ1n) is 5.17. The van der Waals surface area contributed by atoms with E-state index in [0.29, 0.717) is 5.56 Å². The van der Waals surface area contributed by atoms with Crippen molar-refractivity contribution in [2.24, 2.45) is 5.73 Å². The van der Waals surface area contributed by atoms with Crippen molar-refractivity contribution < 1.29 is 9.90 Å². The van der Waals surface area contributed by atoms with Gasteiger partial charge in [0.2, 0.25) is 0 Å². The van der Waals surface area contributed by atoms with Gasteiger partial charge in [-0.15, -0.1) is 0 Å². The third-order valence-electron chi connectivity index (χ3n) is 3.14. The fraction of sp³-hybridized carbons (Fsp3) is 0.417. The maximum absolute atomic E-state index is 11.6. The normalized spacial score (nSPS) is 17.5. The van der Waals surface area contributed by atoms with Crippen molar-refractivity contribution >= 4 is 5.78 Å². The Morgan fingerprint density at radius 1 is 1.40 bits per heavy atom. The lowest BCUT2D eigenvalue weighted by Gasteiger charge is -2.15. The van der Waals surface area contributed by atoms with Gasteiger partial charge in [0.1, 0.15) is 0 Å². The van der Waals surface area contributed by atoms with Gasteiger partial charge in [-0.3, -0.25) is 4.79 Å². The second-order valence-corrected chi connectivity index (χ2v) is 4.11. The van der Waals surface area contributed by atoms with Crippen LogP contribution >= 0.6 is 0 Å². The minimum Gasteiger partial charge on any atom is -0.395 e. The summed E-state index contributed by atoms with van der Waals surface area (Å²) < 4.78 is 0. The van der Waals surface area contributed by atoms with E-state index in [1.165, 1.54) is 0 Å². The molecule has 1 aliphatic rings. The molecule has 1 aliphatic carbocycles. The smallest absolute Gasteiger partial charge is 0.176 e. The number of rotatable bonds is 4. The predicted molar refractivity (Wildman–Crippen MR) is 57.8 cm³/mol. The number of Topliss-reactive ketones (excluding diaryl/α,β-unsaturated/α-hetero) is 1. The molecule has 3 N–H and O–H groups in total. The molecule has 1 aromatic rings. The molecule has 3 heteroatoms. The number of benzene rings is 1. The van der Waals surface area contributed by atoms with Crippen LogP contribution in [0.1, 0.15) is 28.8 Å². The number of nitrogens with two attached hydrogens (primary N) is 1. The van der Waals surface area contributed by atoms with Crippen molar-refractivity contribution in [3.05, 3.63) is 35.4 Å². The minimum atomic E-state index is -0.165. The molecule has 3 nitrogen and oxygen atoms in total. The van der Waals surface area contributed by atoms with Crippen molar-refractivity contribution in [1.82, 2.24) is 0 Å². The fourth-order valence-corrected chi connectivity index (χ4v) is 1.96. The highest BCUT2D eigenvalue weighted by Gasteiger charge is 2.45. The standard InChI is InChI=1S/C12H15NO2/c13-7-11(15)9-3-1-2-4-10(9)12(8-14)5-6-12/h1-4,14H,5-8,13H2. The molecule has 0 amide bonds. The molecule has 1 fully saturated rings. The maximum Gasteiger partial charge on any atom is 0.176 e. The highest BCUT2D eigenvalue weighted by Crippen LogP contribution is 2.48. The molecular weight excluding hydrogens is 190 g/mol. The Labute approximate surface area is 88.9 Å². The van der Waals surface area contributed by atoms with Crippen LogP contribution in [0.25, 0.3) is 0 Å². The molecule has 0 unspecified atom stereocenters. The summed E-state index contributed by atoms with van der Waals surface area (Å²) in [4.78, 5) is 11.6. The van der Waals surface area contributed by atoms with Crippen LogP contribution in [-0.4, -0.2) is 24.0 Å². The molecule has 0 aliphatic heterocycles. The van der Waals surface area contributed by atoms with Gasteiger partial charge in [0, 0.05) is 11.0 Å². The van der Waals surface area contributed by atoms with Crippen LogP contribution in [0.4, 0.5) is 0 Å². The highest BCUT2D eigenvalue weighted by atomic mass is 16.3. The molecule has 0 heterocycles. The third-order valence-corrected chi connectivity index (χ3v) is 3.14.